The third-order valence-electron chi connectivity index (χ3n) is 11.0. The van der Waals surface area contributed by atoms with Crippen molar-refractivity contribution in [1.29, 1.82) is 0 Å². The molecule has 0 bridgehead atoms. The Morgan fingerprint density at radius 3 is 1.24 bits per heavy atom. The van der Waals surface area contributed by atoms with Crippen LogP contribution in [0.4, 0.5) is 51.2 Å². The Labute approximate surface area is 341 Å². The minimum atomic E-state index is 0.801. The summed E-state index contributed by atoms with van der Waals surface area (Å²) in [5.41, 5.74) is 12.6. The van der Waals surface area contributed by atoms with Gasteiger partial charge < -0.3 is 23.5 Å². The zero-order valence-electron chi connectivity index (χ0n) is 32.0. The highest BCUT2D eigenvalue weighted by Gasteiger charge is 2.24. The highest BCUT2D eigenvalue weighted by atomic mass is 16.3. The lowest BCUT2D eigenvalue weighted by molar-refractivity contribution is 0.669. The Morgan fingerprint density at radius 2 is 0.661 bits per heavy atom. The van der Waals surface area contributed by atoms with Gasteiger partial charge in [0.15, 0.2) is 0 Å². The van der Waals surface area contributed by atoms with Crippen molar-refractivity contribution in [3.8, 4) is 0 Å². The van der Waals surface area contributed by atoms with Gasteiger partial charge in [-0.3, -0.25) is 0 Å². The lowest BCUT2D eigenvalue weighted by atomic mass is 10.1. The molecule has 2 heterocycles. The van der Waals surface area contributed by atoms with E-state index in [1.807, 2.05) is 24.3 Å². The van der Waals surface area contributed by atoms with Gasteiger partial charge in [-0.05, 0) is 103 Å². The summed E-state index contributed by atoms with van der Waals surface area (Å²) in [6.07, 6.45) is 0. The number of furan rings is 2. The minimum absolute atomic E-state index is 0.801. The van der Waals surface area contributed by atoms with Crippen LogP contribution in [0.5, 0.6) is 0 Å². The highest BCUT2D eigenvalue weighted by molar-refractivity contribution is 6.15. The van der Waals surface area contributed by atoms with Gasteiger partial charge in [0.1, 0.15) is 22.3 Å². The Hall–Kier alpha value is -8.02. The van der Waals surface area contributed by atoms with Crippen molar-refractivity contribution in [1.82, 2.24) is 0 Å². The molecular weight excluding hydrogens is 723 g/mol. The van der Waals surface area contributed by atoms with E-state index in [0.29, 0.717) is 0 Å². The molecule has 0 radical (unpaired) electrons. The quantitative estimate of drug-likeness (QED) is 0.146. The number of hydrogen-bond acceptors (Lipinski definition) is 5. The van der Waals surface area contributed by atoms with Crippen LogP contribution in [0.15, 0.2) is 233 Å². The van der Waals surface area contributed by atoms with E-state index in [1.165, 1.54) is 0 Å². The van der Waals surface area contributed by atoms with Crippen molar-refractivity contribution in [2.45, 2.75) is 0 Å². The maximum absolute atomic E-state index is 6.71. The molecule has 0 N–H and O–H groups in total. The largest absolute Gasteiger partial charge is 0.456 e. The normalized spacial score (nSPS) is 11.4. The summed E-state index contributed by atoms with van der Waals surface area (Å²) in [6.45, 7) is 0. The molecule has 11 aromatic rings. The number of nitrogens with zero attached hydrogens (tertiary/aromatic N) is 3. The van der Waals surface area contributed by atoms with E-state index < -0.39 is 0 Å². The summed E-state index contributed by atoms with van der Waals surface area (Å²) in [5, 5.41) is 4.22. The minimum Gasteiger partial charge on any atom is -0.456 e. The number of anilines is 9. The van der Waals surface area contributed by atoms with Gasteiger partial charge in [-0.25, -0.2) is 0 Å². The van der Waals surface area contributed by atoms with E-state index in [0.717, 1.165) is 95.1 Å². The van der Waals surface area contributed by atoms with Crippen LogP contribution in [0.25, 0.3) is 43.9 Å². The van der Waals surface area contributed by atoms with E-state index >= 15 is 0 Å². The Bertz CT molecular complexity index is 3140. The summed E-state index contributed by atoms with van der Waals surface area (Å²) in [6, 6.07) is 78.3. The Kier molecular flexibility index (Phi) is 8.41. The summed E-state index contributed by atoms with van der Waals surface area (Å²) < 4.78 is 13.4. The molecule has 5 heteroatoms. The molecule has 0 amide bonds. The number of fused-ring (bicyclic) bond motifs is 6. The zero-order chi connectivity index (χ0) is 39.1. The fourth-order valence-corrected chi connectivity index (χ4v) is 8.36. The molecule has 0 aliphatic rings. The van der Waals surface area contributed by atoms with Gasteiger partial charge in [-0.1, -0.05) is 109 Å². The predicted molar refractivity (Wildman–Crippen MR) is 245 cm³/mol. The van der Waals surface area contributed by atoms with Gasteiger partial charge in [-0.2, -0.15) is 0 Å². The van der Waals surface area contributed by atoms with Gasteiger partial charge in [0, 0.05) is 68.1 Å². The first kappa shape index (κ1) is 34.2. The lowest BCUT2D eigenvalue weighted by Gasteiger charge is -2.30. The van der Waals surface area contributed by atoms with Crippen molar-refractivity contribution >= 4 is 95.1 Å². The van der Waals surface area contributed by atoms with Crippen molar-refractivity contribution in [2.24, 2.45) is 0 Å². The molecule has 0 unspecified atom stereocenters. The molecule has 280 valence electrons. The van der Waals surface area contributed by atoms with E-state index in [4.69, 9.17) is 8.83 Å². The fraction of sp³-hybridized carbons (Fsp3) is 0. The van der Waals surface area contributed by atoms with Crippen LogP contribution >= 0.6 is 0 Å². The molecule has 0 aliphatic heterocycles. The first-order valence-electron chi connectivity index (χ1n) is 19.8. The molecule has 0 aliphatic carbocycles. The van der Waals surface area contributed by atoms with E-state index in [2.05, 4.69) is 215 Å². The van der Waals surface area contributed by atoms with Crippen LogP contribution in [0.1, 0.15) is 0 Å². The first-order valence-corrected chi connectivity index (χ1v) is 19.8. The van der Waals surface area contributed by atoms with Gasteiger partial charge in [0.25, 0.3) is 0 Å². The molecule has 11 rings (SSSR count). The molecule has 0 saturated heterocycles. The van der Waals surface area contributed by atoms with Gasteiger partial charge >= 0.3 is 0 Å². The first-order chi connectivity index (χ1) is 29.3. The van der Waals surface area contributed by atoms with Crippen LogP contribution in [0.2, 0.25) is 0 Å². The standard InChI is InChI=1S/C54H37N3O2/c1-6-18-38(19-7-1)55(39-20-8-2-9-21-39)43-31-33-51-48(34-43)46-32-30-44(36-52(46)58-51)56(40-22-10-3-11-23-40)45-35-49(54-47-28-16-17-29-50(47)59-53(54)37-45)57(41-24-12-4-13-25-41)42-26-14-5-15-27-42/h1-37H. The fourth-order valence-electron chi connectivity index (χ4n) is 8.36. The Balaban J connectivity index is 1.10. The molecule has 5 nitrogen and oxygen atoms in total. The summed E-state index contributed by atoms with van der Waals surface area (Å²) in [5.74, 6) is 0. The monoisotopic (exact) mass is 759 g/mol. The number of para-hydroxylation sites is 6. The van der Waals surface area contributed by atoms with Crippen LogP contribution in [0.3, 0.4) is 0 Å². The summed E-state index contributed by atoms with van der Waals surface area (Å²) in [7, 11) is 0. The van der Waals surface area contributed by atoms with Crippen molar-refractivity contribution < 1.29 is 8.83 Å². The summed E-state index contributed by atoms with van der Waals surface area (Å²) >= 11 is 0. The number of benzene rings is 9. The second-order valence-electron chi connectivity index (χ2n) is 14.6. The van der Waals surface area contributed by atoms with E-state index in [9.17, 15) is 0 Å². The van der Waals surface area contributed by atoms with Gasteiger partial charge in [-0.15, -0.1) is 0 Å². The highest BCUT2D eigenvalue weighted by Crippen LogP contribution is 2.48. The van der Waals surface area contributed by atoms with Crippen LogP contribution in [-0.2, 0) is 0 Å². The van der Waals surface area contributed by atoms with Crippen LogP contribution in [0, 0.1) is 0 Å². The lowest BCUT2D eigenvalue weighted by Crippen LogP contribution is -2.13. The molecule has 0 spiro atoms. The average Bonchev–Trinajstić information content (AvgIpc) is 3.86. The molecule has 2 aromatic heterocycles. The van der Waals surface area contributed by atoms with Gasteiger partial charge in [0.2, 0.25) is 0 Å². The van der Waals surface area contributed by atoms with E-state index in [-0.39, 0.29) is 0 Å². The Morgan fingerprint density at radius 1 is 0.237 bits per heavy atom. The average molecular weight is 760 g/mol. The van der Waals surface area contributed by atoms with Crippen LogP contribution in [-0.4, -0.2) is 0 Å². The molecule has 0 fully saturated rings. The van der Waals surface area contributed by atoms with Crippen molar-refractivity contribution in [2.75, 3.05) is 14.7 Å². The third kappa shape index (κ3) is 6.13. The second-order valence-corrected chi connectivity index (χ2v) is 14.6. The van der Waals surface area contributed by atoms with Gasteiger partial charge in [0.05, 0.1) is 16.8 Å². The molecular formula is C54H37N3O2. The zero-order valence-corrected chi connectivity index (χ0v) is 32.0. The number of hydrogen-bond donors (Lipinski definition) is 0. The topological polar surface area (TPSA) is 36.0 Å². The molecule has 9 aromatic carbocycles. The van der Waals surface area contributed by atoms with Crippen molar-refractivity contribution in [3.63, 3.8) is 0 Å². The maximum atomic E-state index is 6.71. The SMILES string of the molecule is c1ccc(N(c2ccc3c(c2)oc2ccc(N(c4ccccc4)c4ccccc4)cc23)c2cc(N(c3ccccc3)c3ccccc3)c3c(c2)oc2ccccc23)cc1. The van der Waals surface area contributed by atoms with Crippen molar-refractivity contribution in [3.05, 3.63) is 224 Å². The van der Waals surface area contributed by atoms with E-state index in [1.54, 1.807) is 0 Å². The predicted octanol–water partition coefficient (Wildman–Crippen LogP) is 15.9. The molecule has 0 saturated carbocycles. The van der Waals surface area contributed by atoms with Crippen LogP contribution < -0.4 is 14.7 Å². The summed E-state index contributed by atoms with van der Waals surface area (Å²) in [4.78, 5) is 6.89. The third-order valence-corrected chi connectivity index (χ3v) is 11.0. The maximum Gasteiger partial charge on any atom is 0.139 e. The number of rotatable bonds is 9. The second kappa shape index (κ2) is 14.5. The molecule has 0 atom stereocenters. The molecule has 59 heavy (non-hydrogen) atoms. The smallest absolute Gasteiger partial charge is 0.139 e.